The zero-order valence-corrected chi connectivity index (χ0v) is 14.1. The fourth-order valence-corrected chi connectivity index (χ4v) is 4.33. The summed E-state index contributed by atoms with van der Waals surface area (Å²) < 4.78 is 29.3. The molecule has 1 aromatic carbocycles. The number of urea groups is 1. The average molecular weight is 350 g/mol. The largest absolute Gasteiger partial charge is 0.435 e. The number of benzene rings is 1. The molecule has 6 heteroatoms. The molecule has 1 atom stereocenters. The molecule has 3 fully saturated rings. The summed E-state index contributed by atoms with van der Waals surface area (Å²) in [5.41, 5.74) is 1.34. The number of halogens is 2. The van der Waals surface area contributed by atoms with Crippen molar-refractivity contribution in [3.8, 4) is 5.75 Å². The van der Waals surface area contributed by atoms with E-state index in [0.29, 0.717) is 11.3 Å². The van der Waals surface area contributed by atoms with Crippen molar-refractivity contribution in [1.29, 1.82) is 0 Å². The lowest BCUT2D eigenvalue weighted by Gasteiger charge is -2.54. The van der Waals surface area contributed by atoms with E-state index >= 15 is 0 Å². The smallest absolute Gasteiger partial charge is 0.387 e. The number of hydrogen-bond donors (Lipinski definition) is 2. The van der Waals surface area contributed by atoms with Crippen LogP contribution in [0.15, 0.2) is 24.3 Å². The topological polar surface area (TPSA) is 50.4 Å². The van der Waals surface area contributed by atoms with E-state index in [1.165, 1.54) is 25.3 Å². The van der Waals surface area contributed by atoms with Gasteiger partial charge in [-0.15, -0.1) is 0 Å². The Balaban J connectivity index is 1.35. The van der Waals surface area contributed by atoms with Gasteiger partial charge in [0.05, 0.1) is 6.04 Å². The van der Waals surface area contributed by atoms with Crippen molar-refractivity contribution in [1.82, 2.24) is 10.6 Å². The van der Waals surface area contributed by atoms with Gasteiger partial charge in [-0.25, -0.2) is 4.79 Å². The highest BCUT2D eigenvalue weighted by Crippen LogP contribution is 2.55. The van der Waals surface area contributed by atoms with Crippen molar-refractivity contribution >= 4 is 6.03 Å². The van der Waals surface area contributed by atoms with Crippen molar-refractivity contribution < 1.29 is 18.3 Å². The highest BCUT2D eigenvalue weighted by molar-refractivity contribution is 5.75. The summed E-state index contributed by atoms with van der Waals surface area (Å²) >= 11 is 0. The lowest BCUT2D eigenvalue weighted by molar-refractivity contribution is -0.0499. The van der Waals surface area contributed by atoms with Crippen LogP contribution in [-0.2, 0) is 0 Å². The molecule has 4 rings (SSSR count). The third-order valence-corrected chi connectivity index (χ3v) is 5.93. The molecule has 0 aromatic heterocycles. The fourth-order valence-electron chi connectivity index (χ4n) is 4.33. The van der Waals surface area contributed by atoms with Gasteiger partial charge in [0.2, 0.25) is 0 Å². The molecule has 4 nitrogen and oxygen atoms in total. The zero-order chi connectivity index (χ0) is 17.4. The predicted molar refractivity (Wildman–Crippen MR) is 89.5 cm³/mol. The van der Waals surface area contributed by atoms with Crippen LogP contribution in [0.2, 0.25) is 0 Å². The molecule has 0 heterocycles. The predicted octanol–water partition coefficient (Wildman–Crippen LogP) is 4.37. The van der Waals surface area contributed by atoms with Crippen LogP contribution in [0.3, 0.4) is 0 Å². The number of ether oxygens (including phenoxy) is 1. The highest BCUT2D eigenvalue weighted by atomic mass is 19.3. The molecule has 2 amide bonds. The fraction of sp³-hybridized carbons (Fsp3) is 0.632. The van der Waals surface area contributed by atoms with E-state index in [2.05, 4.69) is 15.4 Å². The first-order valence-corrected chi connectivity index (χ1v) is 9.15. The number of carbonyl (C=O) groups excluding carboxylic acids is 1. The quantitative estimate of drug-likeness (QED) is 0.800. The molecule has 1 unspecified atom stereocenters. The molecule has 1 spiro atoms. The minimum atomic E-state index is -2.84. The monoisotopic (exact) mass is 350 g/mol. The molecular formula is C19H24F2N2O2. The van der Waals surface area contributed by atoms with Crippen molar-refractivity contribution in [3.63, 3.8) is 0 Å². The maximum absolute atomic E-state index is 12.4. The van der Waals surface area contributed by atoms with Crippen LogP contribution in [-0.4, -0.2) is 18.7 Å². The van der Waals surface area contributed by atoms with Crippen molar-refractivity contribution in [2.24, 2.45) is 11.3 Å². The first kappa shape index (κ1) is 16.6. The summed E-state index contributed by atoms with van der Waals surface area (Å²) in [6.07, 6.45) is 8.18. The van der Waals surface area contributed by atoms with Gasteiger partial charge in [-0.2, -0.15) is 8.78 Å². The van der Waals surface area contributed by atoms with Gasteiger partial charge in [0.1, 0.15) is 5.75 Å². The first-order valence-electron chi connectivity index (χ1n) is 9.15. The van der Waals surface area contributed by atoms with Gasteiger partial charge < -0.3 is 15.4 Å². The Morgan fingerprint density at radius 1 is 1.24 bits per heavy atom. The summed E-state index contributed by atoms with van der Waals surface area (Å²) in [5, 5.41) is 6.11. The van der Waals surface area contributed by atoms with Gasteiger partial charge >= 0.3 is 12.6 Å². The summed E-state index contributed by atoms with van der Waals surface area (Å²) in [6, 6.07) is 6.61. The lowest BCUT2D eigenvalue weighted by atomic mass is 9.54. The molecule has 1 aromatic rings. The minimum absolute atomic E-state index is 0.131. The number of nitrogens with one attached hydrogen (secondary N) is 2. The molecule has 0 radical (unpaired) electrons. The van der Waals surface area contributed by atoms with Gasteiger partial charge in [-0.3, -0.25) is 0 Å². The second kappa shape index (κ2) is 6.46. The Hall–Kier alpha value is -1.85. The minimum Gasteiger partial charge on any atom is -0.435 e. The van der Waals surface area contributed by atoms with Crippen LogP contribution in [0.25, 0.3) is 0 Å². The van der Waals surface area contributed by atoms with E-state index < -0.39 is 6.61 Å². The zero-order valence-electron chi connectivity index (χ0n) is 14.1. The average Bonchev–Trinajstić information content (AvgIpc) is 3.30. The van der Waals surface area contributed by atoms with E-state index in [1.807, 2.05) is 6.07 Å². The highest BCUT2D eigenvalue weighted by Gasteiger charge is 2.48. The Bertz CT molecular complexity index is 636. The summed E-state index contributed by atoms with van der Waals surface area (Å²) in [5.74, 6) is 0.498. The number of hydrogen-bond acceptors (Lipinski definition) is 2. The van der Waals surface area contributed by atoms with Crippen LogP contribution < -0.4 is 15.4 Å². The van der Waals surface area contributed by atoms with Crippen LogP contribution in [0, 0.1) is 11.3 Å². The maximum atomic E-state index is 12.4. The van der Waals surface area contributed by atoms with Crippen molar-refractivity contribution in [3.05, 3.63) is 29.8 Å². The SMILES string of the molecule is O=C(NC1CC2(CCC2)C1)NC(c1cccc(OC(F)F)c1)C1CC1. The van der Waals surface area contributed by atoms with E-state index in [1.54, 1.807) is 12.1 Å². The first-order chi connectivity index (χ1) is 12.0. The number of rotatable bonds is 6. The number of carbonyl (C=O) groups is 1. The Labute approximate surface area is 146 Å². The molecule has 25 heavy (non-hydrogen) atoms. The van der Waals surface area contributed by atoms with Gasteiger partial charge in [0.15, 0.2) is 0 Å². The van der Waals surface area contributed by atoms with Crippen LogP contribution in [0.5, 0.6) is 5.75 Å². The summed E-state index contributed by atoms with van der Waals surface area (Å²) in [7, 11) is 0. The third-order valence-electron chi connectivity index (χ3n) is 5.93. The second-order valence-corrected chi connectivity index (χ2v) is 7.84. The summed E-state index contributed by atoms with van der Waals surface area (Å²) in [4.78, 5) is 12.4. The molecule has 0 saturated heterocycles. The normalized spacial score (nSPS) is 22.8. The van der Waals surface area contributed by atoms with E-state index in [-0.39, 0.29) is 23.9 Å². The van der Waals surface area contributed by atoms with E-state index in [0.717, 1.165) is 31.2 Å². The third kappa shape index (κ3) is 3.72. The van der Waals surface area contributed by atoms with Crippen LogP contribution in [0.4, 0.5) is 13.6 Å². The Morgan fingerprint density at radius 2 is 2.00 bits per heavy atom. The van der Waals surface area contributed by atoms with Crippen LogP contribution >= 0.6 is 0 Å². The maximum Gasteiger partial charge on any atom is 0.387 e. The summed E-state index contributed by atoms with van der Waals surface area (Å²) in [6.45, 7) is -2.84. The van der Waals surface area contributed by atoms with Crippen molar-refractivity contribution in [2.45, 2.75) is 63.6 Å². The molecule has 3 saturated carbocycles. The molecule has 2 N–H and O–H groups in total. The number of alkyl halides is 2. The number of amides is 2. The Kier molecular flexibility index (Phi) is 4.29. The van der Waals surface area contributed by atoms with Gasteiger partial charge in [0, 0.05) is 6.04 Å². The van der Waals surface area contributed by atoms with Gasteiger partial charge in [0.25, 0.3) is 0 Å². The van der Waals surface area contributed by atoms with Gasteiger partial charge in [-0.05, 0) is 67.6 Å². The Morgan fingerprint density at radius 3 is 2.60 bits per heavy atom. The molecule has 3 aliphatic rings. The molecular weight excluding hydrogens is 326 g/mol. The van der Waals surface area contributed by atoms with Gasteiger partial charge in [-0.1, -0.05) is 18.6 Å². The van der Waals surface area contributed by atoms with E-state index in [9.17, 15) is 13.6 Å². The molecule has 0 aliphatic heterocycles. The second-order valence-electron chi connectivity index (χ2n) is 7.84. The standard InChI is InChI=1S/C19H24F2N2O2/c20-17(21)25-15-4-1-3-13(9-15)16(12-5-6-12)23-18(24)22-14-10-19(11-14)7-2-8-19/h1,3-4,9,12,14,16-17H,2,5-8,10-11H2,(H2,22,23,24). The van der Waals surface area contributed by atoms with Crippen LogP contribution in [0.1, 0.15) is 56.6 Å². The van der Waals surface area contributed by atoms with E-state index in [4.69, 9.17) is 0 Å². The molecule has 136 valence electrons. The molecule has 3 aliphatic carbocycles. The lowest BCUT2D eigenvalue weighted by Crippen LogP contribution is -2.55. The van der Waals surface area contributed by atoms with Crippen molar-refractivity contribution in [2.75, 3.05) is 0 Å². The molecule has 0 bridgehead atoms.